The van der Waals surface area contributed by atoms with Crippen molar-refractivity contribution >= 4 is 11.8 Å². The zero-order valence-electron chi connectivity index (χ0n) is 10.4. The number of carboxylic acid groups (broad SMARTS) is 1. The maximum Gasteiger partial charge on any atom is 0.341 e. The molecule has 0 amide bonds. The molecule has 18 heavy (non-hydrogen) atoms. The Balaban J connectivity index is 2.82. The van der Waals surface area contributed by atoms with Crippen molar-refractivity contribution in [3.05, 3.63) is 33.2 Å². The highest BCUT2D eigenvalue weighted by atomic mass is 16.4. The standard InChI is InChI=1S/C13H15NO4/c1-7(2)14-10-4-3-5-11(15)8(10)6-9(12(14)16)13(17)18/h6-7H,3-5H2,1-2H3,(H,17,18). The summed E-state index contributed by atoms with van der Waals surface area (Å²) in [4.78, 5) is 35.0. The highest BCUT2D eigenvalue weighted by Gasteiger charge is 2.25. The molecule has 0 saturated carbocycles. The highest BCUT2D eigenvalue weighted by Crippen LogP contribution is 2.23. The van der Waals surface area contributed by atoms with Gasteiger partial charge in [-0.3, -0.25) is 9.59 Å². The predicted molar refractivity (Wildman–Crippen MR) is 65.3 cm³/mol. The molecule has 1 aromatic heterocycles. The first-order valence-electron chi connectivity index (χ1n) is 5.98. The van der Waals surface area contributed by atoms with Crippen LogP contribution in [0.3, 0.4) is 0 Å². The Morgan fingerprint density at radius 1 is 1.33 bits per heavy atom. The molecule has 5 nitrogen and oxygen atoms in total. The summed E-state index contributed by atoms with van der Waals surface area (Å²) in [6.45, 7) is 3.62. The second-order valence-corrected chi connectivity index (χ2v) is 4.77. The highest BCUT2D eigenvalue weighted by molar-refractivity contribution is 6.00. The fourth-order valence-corrected chi connectivity index (χ4v) is 2.42. The van der Waals surface area contributed by atoms with E-state index in [1.165, 1.54) is 10.6 Å². The van der Waals surface area contributed by atoms with E-state index in [2.05, 4.69) is 0 Å². The Morgan fingerprint density at radius 2 is 2.00 bits per heavy atom. The van der Waals surface area contributed by atoms with Gasteiger partial charge in [-0.1, -0.05) is 0 Å². The first-order chi connectivity index (χ1) is 8.43. The van der Waals surface area contributed by atoms with Crippen LogP contribution in [0, 0.1) is 0 Å². The fraction of sp³-hybridized carbons (Fsp3) is 0.462. The summed E-state index contributed by atoms with van der Waals surface area (Å²) in [5, 5.41) is 9.04. The van der Waals surface area contributed by atoms with Crippen LogP contribution in [0.1, 0.15) is 59.1 Å². The van der Waals surface area contributed by atoms with Gasteiger partial charge in [-0.2, -0.15) is 0 Å². The van der Waals surface area contributed by atoms with E-state index >= 15 is 0 Å². The fourth-order valence-electron chi connectivity index (χ4n) is 2.42. The SMILES string of the molecule is CC(C)n1c2c(cc(C(=O)O)c1=O)C(=O)CCC2. The van der Waals surface area contributed by atoms with Gasteiger partial charge in [0.2, 0.25) is 0 Å². The summed E-state index contributed by atoms with van der Waals surface area (Å²) in [5.74, 6) is -1.36. The molecule has 1 aliphatic rings. The normalized spacial score (nSPS) is 14.7. The van der Waals surface area contributed by atoms with Crippen LogP contribution in [-0.4, -0.2) is 21.4 Å². The van der Waals surface area contributed by atoms with Gasteiger partial charge in [0.1, 0.15) is 5.56 Å². The number of hydrogen-bond donors (Lipinski definition) is 1. The predicted octanol–water partition coefficient (Wildman–Crippen LogP) is 1.65. The third-order valence-corrected chi connectivity index (χ3v) is 3.20. The van der Waals surface area contributed by atoms with Crippen LogP contribution >= 0.6 is 0 Å². The monoisotopic (exact) mass is 249 g/mol. The second kappa shape index (κ2) is 4.40. The Kier molecular flexibility index (Phi) is 3.07. The van der Waals surface area contributed by atoms with E-state index in [-0.39, 0.29) is 17.4 Å². The third kappa shape index (κ3) is 1.85. The molecule has 0 radical (unpaired) electrons. The van der Waals surface area contributed by atoms with Gasteiger partial charge in [-0.15, -0.1) is 0 Å². The van der Waals surface area contributed by atoms with E-state index < -0.39 is 11.5 Å². The summed E-state index contributed by atoms with van der Waals surface area (Å²) >= 11 is 0. The lowest BCUT2D eigenvalue weighted by molar-refractivity contribution is 0.0694. The number of carbonyl (C=O) groups is 2. The van der Waals surface area contributed by atoms with Crippen molar-refractivity contribution < 1.29 is 14.7 Å². The summed E-state index contributed by atoms with van der Waals surface area (Å²) in [7, 11) is 0. The Bertz CT molecular complexity index is 583. The van der Waals surface area contributed by atoms with Gasteiger partial charge < -0.3 is 9.67 Å². The van der Waals surface area contributed by atoms with Gasteiger partial charge in [-0.25, -0.2) is 4.79 Å². The lowest BCUT2D eigenvalue weighted by Crippen LogP contribution is -2.33. The molecule has 0 fully saturated rings. The lowest BCUT2D eigenvalue weighted by Gasteiger charge is -2.23. The van der Waals surface area contributed by atoms with Crippen molar-refractivity contribution in [3.63, 3.8) is 0 Å². The van der Waals surface area contributed by atoms with Crippen LogP contribution in [0.15, 0.2) is 10.9 Å². The number of rotatable bonds is 2. The molecule has 0 spiro atoms. The number of nitrogens with zero attached hydrogens (tertiary/aromatic N) is 1. The quantitative estimate of drug-likeness (QED) is 0.864. The summed E-state index contributed by atoms with van der Waals surface area (Å²) < 4.78 is 1.44. The zero-order valence-corrected chi connectivity index (χ0v) is 10.4. The van der Waals surface area contributed by atoms with Gasteiger partial charge >= 0.3 is 5.97 Å². The minimum atomic E-state index is -1.28. The molecule has 1 N–H and O–H groups in total. The lowest BCUT2D eigenvalue weighted by atomic mass is 9.92. The molecule has 5 heteroatoms. The molecule has 1 aromatic rings. The minimum absolute atomic E-state index is 0.0758. The largest absolute Gasteiger partial charge is 0.477 e. The summed E-state index contributed by atoms with van der Waals surface area (Å²) in [6.07, 6.45) is 1.78. The molecule has 0 aromatic carbocycles. The molecule has 0 saturated heterocycles. The molecule has 0 atom stereocenters. The minimum Gasteiger partial charge on any atom is -0.477 e. The molecule has 1 aliphatic carbocycles. The van der Waals surface area contributed by atoms with E-state index in [0.717, 1.165) is 0 Å². The second-order valence-electron chi connectivity index (χ2n) is 4.77. The Morgan fingerprint density at radius 3 is 2.56 bits per heavy atom. The Hall–Kier alpha value is -1.91. The number of carbonyl (C=O) groups excluding carboxylic acids is 1. The van der Waals surface area contributed by atoms with Gasteiger partial charge in [0.15, 0.2) is 5.78 Å². The van der Waals surface area contributed by atoms with Gasteiger partial charge in [-0.05, 0) is 32.8 Å². The number of pyridine rings is 1. The summed E-state index contributed by atoms with van der Waals surface area (Å²) in [6, 6.07) is 1.08. The number of carboxylic acids is 1. The van der Waals surface area contributed by atoms with E-state index in [0.29, 0.717) is 30.5 Å². The molecule has 1 heterocycles. The average Bonchev–Trinajstić information content (AvgIpc) is 2.27. The average molecular weight is 249 g/mol. The number of ketones is 1. The van der Waals surface area contributed by atoms with E-state index in [9.17, 15) is 14.4 Å². The van der Waals surface area contributed by atoms with Crippen molar-refractivity contribution in [2.24, 2.45) is 0 Å². The Labute approximate surface area is 104 Å². The zero-order chi connectivity index (χ0) is 13.4. The number of aromatic carboxylic acids is 1. The number of aromatic nitrogens is 1. The molecular formula is C13H15NO4. The van der Waals surface area contributed by atoms with Gasteiger partial charge in [0, 0.05) is 23.7 Å². The maximum absolute atomic E-state index is 12.1. The first-order valence-corrected chi connectivity index (χ1v) is 5.98. The third-order valence-electron chi connectivity index (χ3n) is 3.20. The van der Waals surface area contributed by atoms with Crippen LogP contribution in [0.25, 0.3) is 0 Å². The van der Waals surface area contributed by atoms with Crippen molar-refractivity contribution in [1.82, 2.24) is 4.57 Å². The van der Waals surface area contributed by atoms with Crippen LogP contribution in [0.2, 0.25) is 0 Å². The van der Waals surface area contributed by atoms with Crippen molar-refractivity contribution in [2.45, 2.75) is 39.2 Å². The van der Waals surface area contributed by atoms with Crippen LogP contribution in [0.5, 0.6) is 0 Å². The van der Waals surface area contributed by atoms with Crippen molar-refractivity contribution in [1.29, 1.82) is 0 Å². The number of hydrogen-bond acceptors (Lipinski definition) is 3. The van der Waals surface area contributed by atoms with E-state index in [1.807, 2.05) is 13.8 Å². The molecule has 0 unspecified atom stereocenters. The first kappa shape index (κ1) is 12.5. The van der Waals surface area contributed by atoms with Crippen molar-refractivity contribution in [3.8, 4) is 0 Å². The van der Waals surface area contributed by atoms with Crippen LogP contribution < -0.4 is 5.56 Å². The van der Waals surface area contributed by atoms with Gasteiger partial charge in [0.25, 0.3) is 5.56 Å². The summed E-state index contributed by atoms with van der Waals surface area (Å²) in [5.41, 5.74) is 0.229. The molecule has 0 aliphatic heterocycles. The molecule has 2 rings (SSSR count). The smallest absolute Gasteiger partial charge is 0.341 e. The van der Waals surface area contributed by atoms with Crippen LogP contribution in [0.4, 0.5) is 0 Å². The molecular weight excluding hydrogens is 234 g/mol. The van der Waals surface area contributed by atoms with Gasteiger partial charge in [0.05, 0.1) is 0 Å². The molecule has 96 valence electrons. The number of fused-ring (bicyclic) bond motifs is 1. The maximum atomic E-state index is 12.1. The van der Waals surface area contributed by atoms with Crippen LogP contribution in [-0.2, 0) is 6.42 Å². The number of Topliss-reactive ketones (excluding diaryl/α,β-unsaturated/α-hetero) is 1. The topological polar surface area (TPSA) is 76.4 Å². The van der Waals surface area contributed by atoms with Crippen molar-refractivity contribution in [2.75, 3.05) is 0 Å². The van der Waals surface area contributed by atoms with E-state index in [4.69, 9.17) is 5.11 Å². The molecule has 0 bridgehead atoms. The van der Waals surface area contributed by atoms with E-state index in [1.54, 1.807) is 0 Å².